The summed E-state index contributed by atoms with van der Waals surface area (Å²) in [6, 6.07) is 0. The van der Waals surface area contributed by atoms with E-state index in [4.69, 9.17) is 8.74 Å². The maximum Gasteiger partial charge on any atom is 1.00 e. The van der Waals surface area contributed by atoms with Gasteiger partial charge in [-0.15, -0.1) is 0 Å². The molecule has 0 aliphatic rings. The van der Waals surface area contributed by atoms with Crippen LogP contribution in [0.3, 0.4) is 0 Å². The van der Waals surface area contributed by atoms with Crippen molar-refractivity contribution in [3.63, 3.8) is 0 Å². The van der Waals surface area contributed by atoms with Crippen molar-refractivity contribution < 1.29 is 92.1 Å². The van der Waals surface area contributed by atoms with Crippen LogP contribution in [0.25, 0.3) is 0 Å². The van der Waals surface area contributed by atoms with Gasteiger partial charge in [-0.3, -0.25) is 9.59 Å². The summed E-state index contributed by atoms with van der Waals surface area (Å²) in [6.07, 6.45) is 30.8. The van der Waals surface area contributed by atoms with Gasteiger partial charge in [-0.2, -0.15) is 8.42 Å². The molecule has 266 valence electrons. The van der Waals surface area contributed by atoms with E-state index in [1.165, 1.54) is 109 Å². The Hall–Kier alpha value is 0.510. The first-order chi connectivity index (χ1) is 21.5. The third-order valence-electron chi connectivity index (χ3n) is 7.61. The molecule has 1 unspecified atom stereocenters. The molecule has 0 aliphatic carbocycles. The molecule has 0 fully saturated rings. The SMILES string of the molecule is CCCCCCCCCCCCC(CCCCCCCCCCCCCCCCCOOOOOOOO[O-])OS(=O)(=O)O.[Na+]. The van der Waals surface area contributed by atoms with Crippen LogP contribution in [0.2, 0.25) is 0 Å². The second-order valence-corrected chi connectivity index (χ2v) is 12.6. The van der Waals surface area contributed by atoms with Crippen LogP contribution in [0.5, 0.6) is 0 Å². The average Bonchev–Trinajstić information content (AvgIpc) is 2.99. The Kier molecular flexibility index (Phi) is 41.2. The van der Waals surface area contributed by atoms with Gasteiger partial charge in [0.1, 0.15) is 0 Å². The van der Waals surface area contributed by atoms with Crippen LogP contribution >= 0.6 is 0 Å². The van der Waals surface area contributed by atoms with Gasteiger partial charge in [0, 0.05) is 0 Å². The first-order valence-electron chi connectivity index (χ1n) is 17.1. The molecule has 0 heterocycles. The third-order valence-corrected chi connectivity index (χ3v) is 8.12. The molecular weight excluding hydrogens is 623 g/mol. The van der Waals surface area contributed by atoms with Gasteiger partial charge in [0.2, 0.25) is 0 Å². The Bertz CT molecular complexity index is 662. The van der Waals surface area contributed by atoms with Gasteiger partial charge >= 0.3 is 40.0 Å². The molecule has 0 aromatic rings. The first-order valence-corrected chi connectivity index (χ1v) is 18.4. The molecule has 0 radical (unpaired) electrons. The van der Waals surface area contributed by atoms with E-state index in [1.807, 2.05) is 0 Å². The zero-order chi connectivity index (χ0) is 32.2. The normalized spacial score (nSPS) is 12.4. The summed E-state index contributed by atoms with van der Waals surface area (Å²) in [5.74, 6) is 0. The van der Waals surface area contributed by atoms with Gasteiger partial charge in [0.25, 0.3) is 0 Å². The van der Waals surface area contributed by atoms with E-state index in [-0.39, 0.29) is 29.6 Å². The second-order valence-electron chi connectivity index (χ2n) is 11.5. The van der Waals surface area contributed by atoms with Crippen molar-refractivity contribution in [2.24, 2.45) is 0 Å². The average molecular weight is 685 g/mol. The fraction of sp³-hybridized carbons (Fsp3) is 1.00. The van der Waals surface area contributed by atoms with Crippen LogP contribution in [0.1, 0.15) is 180 Å². The van der Waals surface area contributed by atoms with Crippen molar-refractivity contribution in [3.8, 4) is 0 Å². The molecule has 0 aromatic heterocycles. The van der Waals surface area contributed by atoms with Crippen molar-refractivity contribution in [2.75, 3.05) is 6.61 Å². The standard InChI is InChI=1S/C30H62O13S.Na/c1-2-3-4-5-6-7-15-18-21-24-27-30(36-44(32,33)34)28-25-22-19-16-13-11-9-8-10-12-14-17-20-23-26-29-35-38-40-42-43-41-39-37-31;/h30-31H,2-29H2,1H3,(H,32,33,34);/q;+1/p-1. The van der Waals surface area contributed by atoms with Crippen LogP contribution in [-0.2, 0) is 54.7 Å². The van der Waals surface area contributed by atoms with Crippen molar-refractivity contribution >= 4 is 10.4 Å². The molecule has 0 spiro atoms. The summed E-state index contributed by atoms with van der Waals surface area (Å²) < 4.78 is 36.6. The number of rotatable bonds is 38. The van der Waals surface area contributed by atoms with Crippen LogP contribution in [0, 0.1) is 0 Å². The molecule has 45 heavy (non-hydrogen) atoms. The summed E-state index contributed by atoms with van der Waals surface area (Å²) >= 11 is 0. The summed E-state index contributed by atoms with van der Waals surface area (Å²) in [5.41, 5.74) is 0. The largest absolute Gasteiger partial charge is 1.00 e. The van der Waals surface area contributed by atoms with Crippen molar-refractivity contribution in [1.29, 1.82) is 0 Å². The molecule has 1 atom stereocenters. The molecule has 1 N–H and O–H groups in total. The van der Waals surface area contributed by atoms with E-state index in [0.717, 1.165) is 51.4 Å². The molecule has 0 rings (SSSR count). The summed E-state index contributed by atoms with van der Waals surface area (Å²) in [6.45, 7) is 2.56. The number of hydrogen-bond acceptors (Lipinski definition) is 12. The van der Waals surface area contributed by atoms with Gasteiger partial charge in [0.15, 0.2) is 0 Å². The zero-order valence-corrected chi connectivity index (χ0v) is 30.9. The predicted molar refractivity (Wildman–Crippen MR) is 160 cm³/mol. The Morgan fingerprint density at radius 3 is 1.22 bits per heavy atom. The van der Waals surface area contributed by atoms with Crippen molar-refractivity contribution in [3.05, 3.63) is 0 Å². The summed E-state index contributed by atoms with van der Waals surface area (Å²) in [7, 11) is -4.40. The maximum atomic E-state index is 11.3. The molecule has 0 amide bonds. The maximum absolute atomic E-state index is 11.3. The van der Waals surface area contributed by atoms with Gasteiger partial charge in [-0.1, -0.05) is 161 Å². The molecule has 0 saturated heterocycles. The minimum atomic E-state index is -4.40. The van der Waals surface area contributed by atoms with E-state index in [2.05, 4.69) is 47.1 Å². The molecule has 13 nitrogen and oxygen atoms in total. The topological polar surface area (TPSA) is 160 Å². The minimum Gasteiger partial charge on any atom is -0.689 e. The monoisotopic (exact) mass is 684 g/mol. The van der Waals surface area contributed by atoms with E-state index >= 15 is 0 Å². The Labute approximate surface area is 294 Å². The van der Waals surface area contributed by atoms with Gasteiger partial charge in [-0.25, -0.2) is 9.07 Å². The van der Waals surface area contributed by atoms with E-state index in [9.17, 15) is 13.7 Å². The van der Waals surface area contributed by atoms with Gasteiger partial charge < -0.3 is 5.26 Å². The molecule has 0 aromatic carbocycles. The molecule has 0 bridgehead atoms. The second kappa shape index (κ2) is 39.0. The van der Waals surface area contributed by atoms with Crippen LogP contribution in [-0.4, -0.2) is 25.7 Å². The van der Waals surface area contributed by atoms with E-state index < -0.39 is 16.5 Å². The molecule has 0 saturated carbocycles. The molecular formula is C30H61NaO13S. The zero-order valence-electron chi connectivity index (χ0n) is 28.1. The quantitative estimate of drug-likeness (QED) is 0.0284. The Balaban J connectivity index is 0. The minimum absolute atomic E-state index is 0. The third kappa shape index (κ3) is 42.5. The van der Waals surface area contributed by atoms with Crippen molar-refractivity contribution in [2.45, 2.75) is 186 Å². The smallest absolute Gasteiger partial charge is 0.689 e. The number of hydrogen-bond donors (Lipinski definition) is 1. The van der Waals surface area contributed by atoms with Crippen LogP contribution in [0.15, 0.2) is 0 Å². The first kappa shape index (κ1) is 47.6. The predicted octanol–water partition coefficient (Wildman–Crippen LogP) is 5.54. The fourth-order valence-corrected chi connectivity index (χ4v) is 5.75. The van der Waals surface area contributed by atoms with Crippen molar-refractivity contribution in [1.82, 2.24) is 0 Å². The summed E-state index contributed by atoms with van der Waals surface area (Å²) in [4.78, 5) is 4.67. The van der Waals surface area contributed by atoms with E-state index in [0.29, 0.717) is 19.4 Å². The molecule has 0 aliphatic heterocycles. The summed E-state index contributed by atoms with van der Waals surface area (Å²) in [5, 5.41) is 34.5. The fourth-order valence-electron chi connectivity index (χ4n) is 5.21. The Morgan fingerprint density at radius 2 is 0.844 bits per heavy atom. The molecule has 15 heteroatoms. The number of unbranched alkanes of at least 4 members (excludes halogenated alkanes) is 23. The Morgan fingerprint density at radius 1 is 0.511 bits per heavy atom. The van der Waals surface area contributed by atoms with Crippen LogP contribution in [0.4, 0.5) is 0 Å². The van der Waals surface area contributed by atoms with Crippen LogP contribution < -0.4 is 34.8 Å². The van der Waals surface area contributed by atoms with Gasteiger partial charge in [0.05, 0.1) is 12.7 Å². The van der Waals surface area contributed by atoms with E-state index in [1.54, 1.807) is 0 Å². The van der Waals surface area contributed by atoms with Gasteiger partial charge in [-0.05, 0) is 49.5 Å².